The fourth-order valence-corrected chi connectivity index (χ4v) is 2.92. The van der Waals surface area contributed by atoms with Crippen LogP contribution < -0.4 is 15.4 Å². The lowest BCUT2D eigenvalue weighted by Gasteiger charge is -2.33. The van der Waals surface area contributed by atoms with Crippen LogP contribution in [0.3, 0.4) is 0 Å². The fourth-order valence-electron chi connectivity index (χ4n) is 2.92. The van der Waals surface area contributed by atoms with Gasteiger partial charge in [0, 0.05) is 18.8 Å². The van der Waals surface area contributed by atoms with E-state index in [1.54, 1.807) is 0 Å². The Labute approximate surface area is 132 Å². The minimum Gasteiger partial charge on any atom is -0.489 e. The van der Waals surface area contributed by atoms with Crippen molar-refractivity contribution < 1.29 is 4.74 Å². The van der Waals surface area contributed by atoms with E-state index in [4.69, 9.17) is 10.5 Å². The molecule has 0 saturated carbocycles. The van der Waals surface area contributed by atoms with E-state index in [9.17, 15) is 0 Å². The van der Waals surface area contributed by atoms with E-state index in [0.29, 0.717) is 12.5 Å². The topological polar surface area (TPSA) is 38.5 Å². The molecule has 0 aromatic heterocycles. The first-order valence-electron chi connectivity index (χ1n) is 8.07. The summed E-state index contributed by atoms with van der Waals surface area (Å²) in [4.78, 5) is 2.44. The monoisotopic (exact) mass is 296 g/mol. The maximum absolute atomic E-state index is 5.83. The van der Waals surface area contributed by atoms with Crippen molar-refractivity contribution in [2.45, 2.75) is 19.4 Å². The third-order valence-electron chi connectivity index (χ3n) is 4.40. The predicted molar refractivity (Wildman–Crippen MR) is 91.2 cm³/mol. The Morgan fingerprint density at radius 3 is 2.27 bits per heavy atom. The molecule has 3 nitrogen and oxygen atoms in total. The highest BCUT2D eigenvalue weighted by Gasteiger charge is 2.18. The molecule has 1 fully saturated rings. The SMILES string of the molecule is NCC1CCN(c2ccc(OCc3ccccc3)cc2)CC1. The van der Waals surface area contributed by atoms with Gasteiger partial charge in [-0.3, -0.25) is 0 Å². The summed E-state index contributed by atoms with van der Waals surface area (Å²) in [5.41, 5.74) is 8.22. The van der Waals surface area contributed by atoms with E-state index < -0.39 is 0 Å². The van der Waals surface area contributed by atoms with Gasteiger partial charge in [-0.25, -0.2) is 0 Å². The Balaban J connectivity index is 1.54. The maximum Gasteiger partial charge on any atom is 0.119 e. The summed E-state index contributed by atoms with van der Waals surface area (Å²) in [5.74, 6) is 1.62. The minimum absolute atomic E-state index is 0.613. The third kappa shape index (κ3) is 3.80. The first kappa shape index (κ1) is 14.9. The van der Waals surface area contributed by atoms with Crippen molar-refractivity contribution in [1.29, 1.82) is 0 Å². The van der Waals surface area contributed by atoms with Crippen LogP contribution in [0.15, 0.2) is 54.6 Å². The molecule has 3 heteroatoms. The molecule has 0 aliphatic carbocycles. The molecule has 1 saturated heterocycles. The fraction of sp³-hybridized carbons (Fsp3) is 0.368. The van der Waals surface area contributed by atoms with Crippen LogP contribution in [0, 0.1) is 5.92 Å². The molecular weight excluding hydrogens is 272 g/mol. The summed E-state index contributed by atoms with van der Waals surface area (Å²) >= 11 is 0. The lowest BCUT2D eigenvalue weighted by molar-refractivity contribution is 0.306. The number of hydrogen-bond donors (Lipinski definition) is 1. The molecule has 1 heterocycles. The van der Waals surface area contributed by atoms with Crippen LogP contribution in [0.2, 0.25) is 0 Å². The van der Waals surface area contributed by atoms with Crippen LogP contribution in [-0.4, -0.2) is 19.6 Å². The molecule has 2 aromatic rings. The van der Waals surface area contributed by atoms with E-state index in [0.717, 1.165) is 25.4 Å². The van der Waals surface area contributed by atoms with Crippen LogP contribution in [0.5, 0.6) is 5.75 Å². The molecule has 2 N–H and O–H groups in total. The normalized spacial score (nSPS) is 15.8. The van der Waals surface area contributed by atoms with Gasteiger partial charge in [-0.15, -0.1) is 0 Å². The van der Waals surface area contributed by atoms with E-state index in [1.165, 1.54) is 24.1 Å². The van der Waals surface area contributed by atoms with Gasteiger partial charge in [0.25, 0.3) is 0 Å². The molecule has 2 aromatic carbocycles. The Morgan fingerprint density at radius 1 is 0.955 bits per heavy atom. The molecule has 3 rings (SSSR count). The van der Waals surface area contributed by atoms with Crippen molar-refractivity contribution in [2.24, 2.45) is 11.7 Å². The van der Waals surface area contributed by atoms with Gasteiger partial charge in [0.2, 0.25) is 0 Å². The van der Waals surface area contributed by atoms with E-state index in [1.807, 2.05) is 18.2 Å². The number of anilines is 1. The number of rotatable bonds is 5. The number of hydrogen-bond acceptors (Lipinski definition) is 3. The molecular formula is C19H24N2O. The van der Waals surface area contributed by atoms with Crippen molar-refractivity contribution in [1.82, 2.24) is 0 Å². The van der Waals surface area contributed by atoms with E-state index in [2.05, 4.69) is 41.3 Å². The molecule has 0 radical (unpaired) electrons. The molecule has 0 atom stereocenters. The van der Waals surface area contributed by atoms with Crippen molar-refractivity contribution in [3.05, 3.63) is 60.2 Å². The van der Waals surface area contributed by atoms with Crippen LogP contribution in [-0.2, 0) is 6.61 Å². The van der Waals surface area contributed by atoms with Gasteiger partial charge in [0.1, 0.15) is 12.4 Å². The van der Waals surface area contributed by atoms with Gasteiger partial charge >= 0.3 is 0 Å². The van der Waals surface area contributed by atoms with Crippen LogP contribution in [0.25, 0.3) is 0 Å². The third-order valence-corrected chi connectivity index (χ3v) is 4.40. The van der Waals surface area contributed by atoms with Crippen LogP contribution in [0.4, 0.5) is 5.69 Å². The molecule has 22 heavy (non-hydrogen) atoms. The van der Waals surface area contributed by atoms with Crippen LogP contribution >= 0.6 is 0 Å². The number of nitrogens with two attached hydrogens (primary N) is 1. The zero-order valence-electron chi connectivity index (χ0n) is 12.9. The summed E-state index contributed by atoms with van der Waals surface area (Å²) in [6.45, 7) is 3.64. The van der Waals surface area contributed by atoms with Crippen molar-refractivity contribution in [3.63, 3.8) is 0 Å². The highest BCUT2D eigenvalue weighted by Crippen LogP contribution is 2.25. The lowest BCUT2D eigenvalue weighted by atomic mass is 9.97. The first-order valence-corrected chi connectivity index (χ1v) is 8.07. The lowest BCUT2D eigenvalue weighted by Crippen LogP contribution is -2.35. The average molecular weight is 296 g/mol. The second kappa shape index (κ2) is 7.32. The summed E-state index contributed by atoms with van der Waals surface area (Å²) in [6.07, 6.45) is 2.39. The van der Waals surface area contributed by atoms with Gasteiger partial charge in [-0.2, -0.15) is 0 Å². The second-order valence-corrected chi connectivity index (χ2v) is 5.93. The highest BCUT2D eigenvalue weighted by atomic mass is 16.5. The Hall–Kier alpha value is -2.00. The molecule has 0 bridgehead atoms. The van der Waals surface area contributed by atoms with E-state index >= 15 is 0 Å². The predicted octanol–water partition coefficient (Wildman–Crippen LogP) is 3.44. The molecule has 0 amide bonds. The van der Waals surface area contributed by atoms with Crippen molar-refractivity contribution >= 4 is 5.69 Å². The molecule has 1 aliphatic heterocycles. The molecule has 0 spiro atoms. The quantitative estimate of drug-likeness (QED) is 0.918. The maximum atomic E-state index is 5.83. The minimum atomic E-state index is 0.613. The number of piperidine rings is 1. The Morgan fingerprint density at radius 2 is 1.64 bits per heavy atom. The van der Waals surface area contributed by atoms with Gasteiger partial charge in [-0.1, -0.05) is 30.3 Å². The van der Waals surface area contributed by atoms with Gasteiger partial charge in [-0.05, 0) is 55.1 Å². The molecule has 1 aliphatic rings. The summed E-state index contributed by atoms with van der Waals surface area (Å²) in [7, 11) is 0. The number of ether oxygens (including phenoxy) is 1. The highest BCUT2D eigenvalue weighted by molar-refractivity contribution is 5.49. The smallest absolute Gasteiger partial charge is 0.119 e. The number of nitrogens with zero attached hydrogens (tertiary/aromatic N) is 1. The van der Waals surface area contributed by atoms with E-state index in [-0.39, 0.29) is 0 Å². The number of benzene rings is 2. The molecule has 116 valence electrons. The second-order valence-electron chi connectivity index (χ2n) is 5.93. The summed E-state index contributed by atoms with van der Waals surface area (Å²) in [6, 6.07) is 18.7. The average Bonchev–Trinajstić information content (AvgIpc) is 2.61. The van der Waals surface area contributed by atoms with Crippen molar-refractivity contribution in [3.8, 4) is 5.75 Å². The Bertz CT molecular complexity index is 560. The van der Waals surface area contributed by atoms with Gasteiger partial charge in [0.15, 0.2) is 0 Å². The van der Waals surface area contributed by atoms with Crippen LogP contribution in [0.1, 0.15) is 18.4 Å². The summed E-state index contributed by atoms with van der Waals surface area (Å²) in [5, 5.41) is 0. The first-order chi connectivity index (χ1) is 10.8. The largest absolute Gasteiger partial charge is 0.489 e. The van der Waals surface area contributed by atoms with Crippen molar-refractivity contribution in [2.75, 3.05) is 24.5 Å². The zero-order valence-corrected chi connectivity index (χ0v) is 12.9. The zero-order chi connectivity index (χ0) is 15.2. The molecule has 0 unspecified atom stereocenters. The standard InChI is InChI=1S/C19H24N2O/c20-14-16-10-12-21(13-11-16)18-6-8-19(9-7-18)22-15-17-4-2-1-3-5-17/h1-9,16H,10-15,20H2. The Kier molecular flexibility index (Phi) is 4.96. The summed E-state index contributed by atoms with van der Waals surface area (Å²) < 4.78 is 5.83. The van der Waals surface area contributed by atoms with Gasteiger partial charge < -0.3 is 15.4 Å². The van der Waals surface area contributed by atoms with Gasteiger partial charge in [0.05, 0.1) is 0 Å².